The minimum Gasteiger partial charge on any atom is -0.338 e. The van der Waals surface area contributed by atoms with E-state index in [0.717, 1.165) is 10.0 Å². The lowest BCUT2D eigenvalue weighted by atomic mass is 10.2. The van der Waals surface area contributed by atoms with Crippen LogP contribution in [0.5, 0.6) is 0 Å². The molecule has 1 aliphatic rings. The Hall–Kier alpha value is -1.39. The first-order valence-corrected chi connectivity index (χ1v) is 11.8. The summed E-state index contributed by atoms with van der Waals surface area (Å²) in [5.41, 5.74) is 0.908. The van der Waals surface area contributed by atoms with Crippen LogP contribution in [0.1, 0.15) is 13.3 Å². The summed E-state index contributed by atoms with van der Waals surface area (Å²) in [5.74, 6) is 0.955. The molecule has 1 aromatic carbocycles. The molecule has 1 aromatic heterocycles. The van der Waals surface area contributed by atoms with Crippen LogP contribution in [0.4, 0.5) is 0 Å². The maximum absolute atomic E-state index is 12.5. The summed E-state index contributed by atoms with van der Waals surface area (Å²) in [6, 6.07) is 7.46. The highest BCUT2D eigenvalue weighted by atomic mass is 79.9. The third-order valence-electron chi connectivity index (χ3n) is 4.22. The van der Waals surface area contributed by atoms with Gasteiger partial charge in [-0.1, -0.05) is 39.8 Å². The molecule has 1 N–H and O–H groups in total. The molecule has 26 heavy (non-hydrogen) atoms. The van der Waals surface area contributed by atoms with E-state index < -0.39 is 9.84 Å². The minimum atomic E-state index is -3.02. The van der Waals surface area contributed by atoms with E-state index in [1.54, 1.807) is 4.90 Å². The summed E-state index contributed by atoms with van der Waals surface area (Å²) in [6.07, 6.45) is 0.515. The van der Waals surface area contributed by atoms with Gasteiger partial charge in [0.15, 0.2) is 15.7 Å². The Balaban J connectivity index is 1.60. The number of aromatic amines is 1. The minimum absolute atomic E-state index is 0.0611. The van der Waals surface area contributed by atoms with Crippen molar-refractivity contribution in [3.8, 4) is 11.4 Å². The summed E-state index contributed by atoms with van der Waals surface area (Å²) < 4.78 is 24.3. The average Bonchev–Trinajstić information content (AvgIpc) is 3.21. The Morgan fingerprint density at radius 1 is 1.38 bits per heavy atom. The molecule has 1 atom stereocenters. The Bertz CT molecular complexity index is 883. The smallest absolute Gasteiger partial charge is 0.233 e. The number of carbonyl (C=O) groups is 1. The summed E-state index contributed by atoms with van der Waals surface area (Å²) >= 11 is 4.64. The highest BCUT2D eigenvalue weighted by molar-refractivity contribution is 9.10. The highest BCUT2D eigenvalue weighted by Gasteiger charge is 2.33. The van der Waals surface area contributed by atoms with Gasteiger partial charge in [0.05, 0.1) is 17.3 Å². The zero-order valence-corrected chi connectivity index (χ0v) is 17.4. The first kappa shape index (κ1) is 19.4. The fraction of sp³-hybridized carbons (Fsp3) is 0.438. The zero-order chi connectivity index (χ0) is 18.7. The molecule has 140 valence electrons. The second-order valence-electron chi connectivity index (χ2n) is 6.00. The van der Waals surface area contributed by atoms with Crippen LogP contribution in [0.2, 0.25) is 0 Å². The largest absolute Gasteiger partial charge is 0.338 e. The zero-order valence-electron chi connectivity index (χ0n) is 14.2. The molecule has 2 heterocycles. The second-order valence-corrected chi connectivity index (χ2v) is 10.1. The molecule has 1 aliphatic heterocycles. The van der Waals surface area contributed by atoms with Gasteiger partial charge in [-0.25, -0.2) is 13.4 Å². The van der Waals surface area contributed by atoms with E-state index in [9.17, 15) is 13.2 Å². The number of rotatable bonds is 6. The lowest BCUT2D eigenvalue weighted by Crippen LogP contribution is -2.41. The molecule has 10 heteroatoms. The van der Waals surface area contributed by atoms with Gasteiger partial charge in [0.25, 0.3) is 0 Å². The van der Waals surface area contributed by atoms with Gasteiger partial charge >= 0.3 is 0 Å². The van der Waals surface area contributed by atoms with Crippen LogP contribution in [-0.4, -0.2) is 64.3 Å². The number of amides is 1. The van der Waals surface area contributed by atoms with Crippen LogP contribution in [-0.2, 0) is 14.6 Å². The number of sulfone groups is 1. The summed E-state index contributed by atoms with van der Waals surface area (Å²) in [4.78, 5) is 18.6. The standard InChI is InChI=1S/C16H19BrN4O3S2/c1-2-21(13-7-8-26(23,24)10-13)14(22)9-25-16-18-15(19-20-16)11-3-5-12(17)6-4-11/h3-6,13H,2,7-10H2,1H3,(H,18,19,20). The quantitative estimate of drug-likeness (QED) is 0.667. The molecule has 1 saturated heterocycles. The van der Waals surface area contributed by atoms with Crippen molar-refractivity contribution in [2.75, 3.05) is 23.8 Å². The van der Waals surface area contributed by atoms with E-state index in [-0.39, 0.29) is 29.2 Å². The predicted molar refractivity (Wildman–Crippen MR) is 105 cm³/mol. The molecular formula is C16H19BrN4O3S2. The van der Waals surface area contributed by atoms with Crippen molar-refractivity contribution in [3.63, 3.8) is 0 Å². The van der Waals surface area contributed by atoms with Gasteiger partial charge in [-0.3, -0.25) is 9.89 Å². The maximum atomic E-state index is 12.5. The third kappa shape index (κ3) is 4.66. The van der Waals surface area contributed by atoms with E-state index in [2.05, 4.69) is 31.1 Å². The van der Waals surface area contributed by atoms with Crippen LogP contribution >= 0.6 is 27.7 Å². The van der Waals surface area contributed by atoms with Gasteiger partial charge in [-0.2, -0.15) is 0 Å². The summed E-state index contributed by atoms with van der Waals surface area (Å²) in [5, 5.41) is 7.51. The van der Waals surface area contributed by atoms with Crippen LogP contribution < -0.4 is 0 Å². The topological polar surface area (TPSA) is 96.0 Å². The number of nitrogens with one attached hydrogen (secondary N) is 1. The molecule has 2 aromatic rings. The number of hydrogen-bond acceptors (Lipinski definition) is 6. The molecule has 0 radical (unpaired) electrons. The van der Waals surface area contributed by atoms with Crippen molar-refractivity contribution in [2.24, 2.45) is 0 Å². The van der Waals surface area contributed by atoms with Crippen molar-refractivity contribution in [2.45, 2.75) is 24.5 Å². The second kappa shape index (κ2) is 8.10. The first-order valence-electron chi connectivity index (χ1n) is 8.19. The van der Waals surface area contributed by atoms with Crippen molar-refractivity contribution in [1.29, 1.82) is 0 Å². The van der Waals surface area contributed by atoms with E-state index >= 15 is 0 Å². The Labute approximate surface area is 165 Å². The highest BCUT2D eigenvalue weighted by Crippen LogP contribution is 2.23. The SMILES string of the molecule is CCN(C(=O)CSc1n[nH]c(-c2ccc(Br)cc2)n1)C1CCS(=O)(=O)C1. The van der Waals surface area contributed by atoms with Gasteiger partial charge in [0, 0.05) is 22.6 Å². The monoisotopic (exact) mass is 458 g/mol. The number of thioether (sulfide) groups is 1. The van der Waals surface area contributed by atoms with E-state index in [1.165, 1.54) is 11.8 Å². The first-order chi connectivity index (χ1) is 12.4. The van der Waals surface area contributed by atoms with Crippen molar-refractivity contribution in [1.82, 2.24) is 20.1 Å². The summed E-state index contributed by atoms with van der Waals surface area (Å²) in [7, 11) is -3.02. The normalized spacial score (nSPS) is 18.8. The van der Waals surface area contributed by atoms with Gasteiger partial charge < -0.3 is 4.90 Å². The van der Waals surface area contributed by atoms with Gasteiger partial charge in [0.1, 0.15) is 0 Å². The maximum Gasteiger partial charge on any atom is 0.233 e. The van der Waals surface area contributed by atoms with Gasteiger partial charge in [0.2, 0.25) is 11.1 Å². The van der Waals surface area contributed by atoms with Crippen molar-refractivity contribution < 1.29 is 13.2 Å². The molecule has 7 nitrogen and oxygen atoms in total. The molecule has 0 spiro atoms. The van der Waals surface area contributed by atoms with Crippen molar-refractivity contribution in [3.05, 3.63) is 28.7 Å². The Kier molecular flexibility index (Phi) is 6.03. The van der Waals surface area contributed by atoms with Crippen LogP contribution in [0.15, 0.2) is 33.9 Å². The Morgan fingerprint density at radius 2 is 2.12 bits per heavy atom. The van der Waals surface area contributed by atoms with Gasteiger partial charge in [-0.05, 0) is 25.5 Å². The third-order valence-corrected chi connectivity index (χ3v) is 7.33. The number of H-pyrrole nitrogens is 1. The van der Waals surface area contributed by atoms with E-state index in [0.29, 0.717) is 23.9 Å². The molecule has 0 saturated carbocycles. The molecule has 3 rings (SSSR count). The molecule has 1 unspecified atom stereocenters. The predicted octanol–water partition coefficient (Wildman–Crippen LogP) is 2.36. The lowest BCUT2D eigenvalue weighted by molar-refractivity contribution is -0.129. The number of aromatic nitrogens is 3. The fourth-order valence-electron chi connectivity index (χ4n) is 2.92. The molecular weight excluding hydrogens is 440 g/mol. The fourth-order valence-corrected chi connectivity index (χ4v) is 5.60. The molecule has 1 fully saturated rings. The van der Waals surface area contributed by atoms with E-state index in [1.807, 2.05) is 31.2 Å². The average molecular weight is 459 g/mol. The molecule has 1 amide bonds. The number of hydrogen-bond donors (Lipinski definition) is 1. The van der Waals surface area contributed by atoms with Crippen LogP contribution in [0.25, 0.3) is 11.4 Å². The summed E-state index contributed by atoms with van der Waals surface area (Å²) in [6.45, 7) is 2.36. The van der Waals surface area contributed by atoms with E-state index in [4.69, 9.17) is 0 Å². The number of nitrogens with zero attached hydrogens (tertiary/aromatic N) is 3. The van der Waals surface area contributed by atoms with Crippen molar-refractivity contribution >= 4 is 43.4 Å². The lowest BCUT2D eigenvalue weighted by Gasteiger charge is -2.26. The molecule has 0 bridgehead atoms. The van der Waals surface area contributed by atoms with Crippen LogP contribution in [0.3, 0.4) is 0 Å². The number of carbonyl (C=O) groups excluding carboxylic acids is 1. The number of halogens is 1. The van der Waals surface area contributed by atoms with Gasteiger partial charge in [-0.15, -0.1) is 5.10 Å². The van der Waals surface area contributed by atoms with Crippen LogP contribution in [0, 0.1) is 0 Å². The number of benzene rings is 1. The molecule has 0 aliphatic carbocycles. The Morgan fingerprint density at radius 3 is 2.73 bits per heavy atom.